The Balaban J connectivity index is 1.87. The molecule has 0 spiro atoms. The molecule has 3 unspecified atom stereocenters. The number of imide groups is 1. The van der Waals surface area contributed by atoms with Gasteiger partial charge in [-0.2, -0.15) is 21.6 Å². The maximum atomic E-state index is 12.3. The molecular weight excluding hydrogens is 315 g/mol. The highest BCUT2D eigenvalue weighted by atomic mass is 32.2. The number of fused-ring (bicyclic) bond motifs is 3. The topological polar surface area (TPSA) is 80.8 Å². The van der Waals surface area contributed by atoms with Crippen LogP contribution in [-0.2, 0) is 24.0 Å². The van der Waals surface area contributed by atoms with Gasteiger partial charge >= 0.3 is 15.6 Å². The number of hydrogen-bond donors (Lipinski definition) is 0. The van der Waals surface area contributed by atoms with Crippen LogP contribution in [0, 0.1) is 17.8 Å². The Morgan fingerprint density at radius 3 is 2.52 bits per heavy atom. The number of amides is 2. The van der Waals surface area contributed by atoms with Crippen molar-refractivity contribution in [2.45, 2.75) is 24.8 Å². The molecule has 0 N–H and O–H groups in total. The summed E-state index contributed by atoms with van der Waals surface area (Å²) in [6, 6.07) is 0. The number of alkyl halides is 3. The maximum absolute atomic E-state index is 12.3. The van der Waals surface area contributed by atoms with E-state index in [0.29, 0.717) is 6.42 Å². The smallest absolute Gasteiger partial charge is 0.272 e. The van der Waals surface area contributed by atoms with Crippen LogP contribution in [-0.4, -0.2) is 30.8 Å². The van der Waals surface area contributed by atoms with Gasteiger partial charge in [-0.05, 0) is 25.2 Å². The molecule has 10 heteroatoms. The molecule has 116 valence electrons. The molecule has 0 radical (unpaired) electrons. The molecule has 0 aromatic heterocycles. The minimum absolute atomic E-state index is 0.229. The summed E-state index contributed by atoms with van der Waals surface area (Å²) in [5.74, 6) is -3.92. The van der Waals surface area contributed by atoms with Gasteiger partial charge < -0.3 is 0 Å². The summed E-state index contributed by atoms with van der Waals surface area (Å²) < 4.78 is 62.5. The first kappa shape index (κ1) is 14.5. The van der Waals surface area contributed by atoms with Crippen LogP contribution in [0.25, 0.3) is 0 Å². The van der Waals surface area contributed by atoms with Gasteiger partial charge in [0.15, 0.2) is 0 Å². The van der Waals surface area contributed by atoms with Gasteiger partial charge in [-0.25, -0.2) is 0 Å². The largest absolute Gasteiger partial charge is 0.525 e. The molecule has 2 amide bonds. The third-order valence-electron chi connectivity index (χ3n) is 4.08. The molecule has 3 atom stereocenters. The van der Waals surface area contributed by atoms with Crippen LogP contribution in [0.15, 0.2) is 11.6 Å². The Hall–Kier alpha value is -1.42. The zero-order valence-electron chi connectivity index (χ0n) is 10.5. The van der Waals surface area contributed by atoms with Crippen molar-refractivity contribution in [3.05, 3.63) is 11.6 Å². The van der Waals surface area contributed by atoms with Crippen LogP contribution >= 0.6 is 0 Å². The molecule has 2 aliphatic carbocycles. The van der Waals surface area contributed by atoms with Crippen LogP contribution < -0.4 is 0 Å². The zero-order valence-corrected chi connectivity index (χ0v) is 11.3. The van der Waals surface area contributed by atoms with Crippen LogP contribution in [0.3, 0.4) is 0 Å². The second kappa shape index (κ2) is 4.29. The molecule has 0 aromatic rings. The van der Waals surface area contributed by atoms with Gasteiger partial charge in [-0.1, -0.05) is 11.6 Å². The van der Waals surface area contributed by atoms with Crippen molar-refractivity contribution in [2.24, 2.45) is 17.8 Å². The normalized spacial score (nSPS) is 32.4. The third kappa shape index (κ3) is 2.08. The highest BCUT2D eigenvalue weighted by molar-refractivity contribution is 7.87. The number of hydroxylamine groups is 2. The summed E-state index contributed by atoms with van der Waals surface area (Å²) in [5, 5.41) is -0.229. The average molecular weight is 325 g/mol. The van der Waals surface area contributed by atoms with E-state index in [0.717, 1.165) is 12.0 Å². The Kier molecular flexibility index (Phi) is 2.97. The summed E-state index contributed by atoms with van der Waals surface area (Å²) in [4.78, 5) is 24.1. The Morgan fingerprint density at radius 2 is 1.90 bits per heavy atom. The van der Waals surface area contributed by atoms with E-state index >= 15 is 0 Å². The lowest BCUT2D eigenvalue weighted by Crippen LogP contribution is -2.39. The molecule has 6 nitrogen and oxygen atoms in total. The van der Waals surface area contributed by atoms with E-state index < -0.39 is 39.3 Å². The molecule has 21 heavy (non-hydrogen) atoms. The average Bonchev–Trinajstić information content (AvgIpc) is 2.84. The van der Waals surface area contributed by atoms with E-state index in [1.165, 1.54) is 0 Å². The van der Waals surface area contributed by atoms with Crippen molar-refractivity contribution in [1.29, 1.82) is 0 Å². The molecule has 0 saturated carbocycles. The fraction of sp³-hybridized carbons (Fsp3) is 0.636. The van der Waals surface area contributed by atoms with Crippen LogP contribution in [0.1, 0.15) is 19.3 Å². The minimum Gasteiger partial charge on any atom is -0.272 e. The molecule has 3 rings (SSSR count). The number of halogens is 3. The van der Waals surface area contributed by atoms with Crippen molar-refractivity contribution in [3.8, 4) is 0 Å². The molecule has 1 fully saturated rings. The second-order valence-corrected chi connectivity index (χ2v) is 6.83. The van der Waals surface area contributed by atoms with Crippen LogP contribution in [0.5, 0.6) is 0 Å². The lowest BCUT2D eigenvalue weighted by Gasteiger charge is -2.21. The Morgan fingerprint density at radius 1 is 1.24 bits per heavy atom. The minimum atomic E-state index is -6.04. The summed E-state index contributed by atoms with van der Waals surface area (Å²) in [5.41, 5.74) is -4.72. The first-order valence-corrected chi connectivity index (χ1v) is 7.61. The molecule has 1 heterocycles. The number of carbonyl (C=O) groups excluding carboxylic acids is 2. The van der Waals surface area contributed by atoms with Gasteiger partial charge in [-0.15, -0.1) is 9.35 Å². The van der Waals surface area contributed by atoms with Gasteiger partial charge in [0.25, 0.3) is 11.8 Å². The Labute approximate surface area is 117 Å². The first-order chi connectivity index (χ1) is 9.62. The Bertz CT molecular complexity index is 653. The number of hydrogen-bond acceptors (Lipinski definition) is 5. The van der Waals surface area contributed by atoms with Gasteiger partial charge in [0.2, 0.25) is 0 Å². The van der Waals surface area contributed by atoms with Crippen molar-refractivity contribution in [1.82, 2.24) is 5.06 Å². The van der Waals surface area contributed by atoms with E-state index in [-0.39, 0.29) is 17.4 Å². The SMILES string of the molecule is O=C1C2CC3=CC(CC3)C2C(=O)N1OS(=O)(=O)C(F)(F)F. The van der Waals surface area contributed by atoms with E-state index in [1.54, 1.807) is 0 Å². The lowest BCUT2D eigenvalue weighted by atomic mass is 9.78. The first-order valence-electron chi connectivity index (χ1n) is 6.20. The highest BCUT2D eigenvalue weighted by Gasteiger charge is 2.58. The molecule has 3 aliphatic rings. The predicted molar refractivity (Wildman–Crippen MR) is 60.3 cm³/mol. The van der Waals surface area contributed by atoms with Crippen molar-refractivity contribution in [2.75, 3.05) is 0 Å². The molecular formula is C11H10F3NO5S. The van der Waals surface area contributed by atoms with Crippen molar-refractivity contribution < 1.29 is 35.5 Å². The fourth-order valence-electron chi connectivity index (χ4n) is 3.19. The zero-order chi connectivity index (χ0) is 15.6. The molecule has 1 aliphatic heterocycles. The van der Waals surface area contributed by atoms with Crippen molar-refractivity contribution in [3.63, 3.8) is 0 Å². The number of carbonyl (C=O) groups is 2. The van der Waals surface area contributed by atoms with E-state index in [4.69, 9.17) is 0 Å². The van der Waals surface area contributed by atoms with Gasteiger partial charge in [0.05, 0.1) is 11.8 Å². The van der Waals surface area contributed by atoms with Crippen molar-refractivity contribution >= 4 is 21.9 Å². The summed E-state index contributed by atoms with van der Waals surface area (Å²) in [7, 11) is -6.04. The van der Waals surface area contributed by atoms with Gasteiger partial charge in [-0.3, -0.25) is 9.59 Å². The van der Waals surface area contributed by atoms with Gasteiger partial charge in [0.1, 0.15) is 0 Å². The third-order valence-corrected chi connectivity index (χ3v) is 5.00. The molecule has 2 bridgehead atoms. The maximum Gasteiger partial charge on any atom is 0.525 e. The quantitative estimate of drug-likeness (QED) is 0.432. The second-order valence-electron chi connectivity index (χ2n) is 5.31. The summed E-state index contributed by atoms with van der Waals surface area (Å²) in [6.07, 6.45) is 3.49. The monoisotopic (exact) mass is 325 g/mol. The van der Waals surface area contributed by atoms with E-state index in [9.17, 15) is 31.2 Å². The lowest BCUT2D eigenvalue weighted by molar-refractivity contribution is -0.169. The predicted octanol–water partition coefficient (Wildman–Crippen LogP) is 1.11. The molecule has 1 saturated heterocycles. The highest BCUT2D eigenvalue weighted by Crippen LogP contribution is 2.48. The van der Waals surface area contributed by atoms with Gasteiger partial charge in [0, 0.05) is 0 Å². The van der Waals surface area contributed by atoms with Crippen LogP contribution in [0.4, 0.5) is 13.2 Å². The van der Waals surface area contributed by atoms with Crippen LogP contribution in [0.2, 0.25) is 0 Å². The summed E-state index contributed by atoms with van der Waals surface area (Å²) in [6.45, 7) is 0. The van der Waals surface area contributed by atoms with E-state index in [2.05, 4.69) is 4.28 Å². The fourth-order valence-corrected chi connectivity index (χ4v) is 3.61. The number of allylic oxidation sites excluding steroid dienone is 2. The molecule has 0 aromatic carbocycles. The number of nitrogens with zero attached hydrogens (tertiary/aromatic N) is 1. The van der Waals surface area contributed by atoms with E-state index in [1.807, 2.05) is 6.08 Å². The number of rotatable bonds is 2. The standard InChI is InChI=1S/C11H10F3NO5S/c12-11(13,14)21(18,19)20-15-9(16)7-4-5-1-2-6(3-5)8(7)10(15)17/h3,6-8H,1-2,4H2. The summed E-state index contributed by atoms with van der Waals surface area (Å²) >= 11 is 0.